The number of hydrogen-bond acceptors (Lipinski definition) is 1. The molecule has 150 valence electrons. The van der Waals surface area contributed by atoms with Crippen LogP contribution in [0.15, 0.2) is 12.7 Å². The van der Waals surface area contributed by atoms with E-state index in [0.717, 1.165) is 0 Å². The van der Waals surface area contributed by atoms with Crippen molar-refractivity contribution in [2.75, 3.05) is 0 Å². The molecule has 24 heavy (non-hydrogen) atoms. The van der Waals surface area contributed by atoms with Crippen molar-refractivity contribution in [3.05, 3.63) is 12.7 Å². The molecular formula is C23H52O. The van der Waals surface area contributed by atoms with Gasteiger partial charge >= 0.3 is 0 Å². The molecule has 0 fully saturated rings. The average Bonchev–Trinajstić information content (AvgIpc) is 2.10. The van der Waals surface area contributed by atoms with E-state index in [4.69, 9.17) is 0 Å². The highest BCUT2D eigenvalue weighted by atomic mass is 16.1. The fraction of sp³-hybridized carbons (Fsp3) is 0.870. The van der Waals surface area contributed by atoms with Crippen LogP contribution in [-0.4, -0.2) is 5.78 Å². The number of allylic oxidation sites excluding steroid dienone is 1. The van der Waals surface area contributed by atoms with E-state index >= 15 is 0 Å². The number of hydrogen-bond donors (Lipinski definition) is 0. The topological polar surface area (TPSA) is 17.1 Å². The zero-order valence-electron chi connectivity index (χ0n) is 19.2. The quantitative estimate of drug-likeness (QED) is 0.402. The molecule has 0 N–H and O–H groups in total. The van der Waals surface area contributed by atoms with Crippen LogP contribution < -0.4 is 0 Å². The second-order valence-electron chi connectivity index (χ2n) is 11.4. The van der Waals surface area contributed by atoms with E-state index in [-0.39, 0.29) is 18.6 Å². The molecule has 0 aromatic carbocycles. The highest BCUT2D eigenvalue weighted by Gasteiger charge is 2.14. The lowest BCUT2D eigenvalue weighted by molar-refractivity contribution is -0.124. The van der Waals surface area contributed by atoms with Gasteiger partial charge in [-0.25, -0.2) is 0 Å². The molecule has 1 nitrogen and oxygen atoms in total. The Balaban J connectivity index is -0.0000000666. The van der Waals surface area contributed by atoms with Gasteiger partial charge in [0.05, 0.1) is 0 Å². The number of carbonyl (C=O) groups is 1. The lowest BCUT2D eigenvalue weighted by Crippen LogP contribution is -2.15. The third kappa shape index (κ3) is 126. The van der Waals surface area contributed by atoms with Crippen molar-refractivity contribution in [1.82, 2.24) is 0 Å². The van der Waals surface area contributed by atoms with Gasteiger partial charge < -0.3 is 0 Å². The molecule has 0 aliphatic rings. The van der Waals surface area contributed by atoms with Crippen LogP contribution in [0.1, 0.15) is 111 Å². The monoisotopic (exact) mass is 344 g/mol. The fourth-order valence-electron chi connectivity index (χ4n) is 0. The first-order valence-electron chi connectivity index (χ1n) is 8.65. The van der Waals surface area contributed by atoms with Crippen LogP contribution >= 0.6 is 0 Å². The molecule has 0 radical (unpaired) electrons. The van der Waals surface area contributed by atoms with Gasteiger partial charge in [-0.3, -0.25) is 4.79 Å². The zero-order valence-corrected chi connectivity index (χ0v) is 19.2. The molecule has 0 atom stereocenters. The highest BCUT2D eigenvalue weighted by Crippen LogP contribution is 2.13. The predicted octanol–water partition coefficient (Wildman–Crippen LogP) is 8.58. The molecule has 0 aromatic rings. The first-order valence-corrected chi connectivity index (χ1v) is 8.65. The summed E-state index contributed by atoms with van der Waals surface area (Å²) in [5.41, 5.74) is 1.17. The summed E-state index contributed by atoms with van der Waals surface area (Å²) in [6, 6.07) is 0. The zero-order chi connectivity index (χ0) is 20.3. The molecule has 0 saturated carbocycles. The first kappa shape index (κ1) is 34.7. The summed E-state index contributed by atoms with van der Waals surface area (Å²) < 4.78 is 0. The number of ketones is 1. The summed E-state index contributed by atoms with van der Waals surface area (Å²) in [6.45, 7) is 34.9. The van der Waals surface area contributed by atoms with Crippen LogP contribution in [0.2, 0.25) is 0 Å². The van der Waals surface area contributed by atoms with Crippen molar-refractivity contribution in [1.29, 1.82) is 0 Å². The summed E-state index contributed by atoms with van der Waals surface area (Å²) in [4.78, 5) is 10.5. The molecule has 0 spiro atoms. The Morgan fingerprint density at radius 1 is 0.667 bits per heavy atom. The molecule has 0 rings (SSSR count). The van der Waals surface area contributed by atoms with E-state index < -0.39 is 0 Å². The van der Waals surface area contributed by atoms with Gasteiger partial charge in [0.15, 0.2) is 0 Å². The Morgan fingerprint density at radius 2 is 0.750 bits per heavy atom. The van der Waals surface area contributed by atoms with Crippen LogP contribution in [0.4, 0.5) is 0 Å². The van der Waals surface area contributed by atoms with Crippen LogP contribution in [0.3, 0.4) is 0 Å². The minimum absolute atomic E-state index is 0. The molecule has 0 amide bonds. The van der Waals surface area contributed by atoms with Gasteiger partial charge in [-0.1, -0.05) is 110 Å². The molecule has 0 aliphatic carbocycles. The van der Waals surface area contributed by atoms with E-state index in [1.807, 2.05) is 26.8 Å². The van der Waals surface area contributed by atoms with Gasteiger partial charge in [0.25, 0.3) is 0 Å². The van der Waals surface area contributed by atoms with Crippen LogP contribution in [0.5, 0.6) is 0 Å². The number of rotatable bonds is 0. The lowest BCUT2D eigenvalue weighted by Gasteiger charge is -2.11. The highest BCUT2D eigenvalue weighted by molar-refractivity contribution is 5.80. The minimum Gasteiger partial charge on any atom is -0.299 e. The van der Waals surface area contributed by atoms with Gasteiger partial charge in [-0.2, -0.15) is 0 Å². The molecule has 0 bridgehead atoms. The lowest BCUT2D eigenvalue weighted by atomic mass is 9.92. The molecule has 0 aliphatic heterocycles. The van der Waals surface area contributed by atoms with Gasteiger partial charge in [-0.15, -0.1) is 6.58 Å². The second-order valence-corrected chi connectivity index (χ2v) is 11.4. The van der Waals surface area contributed by atoms with E-state index in [2.05, 4.69) is 82.7 Å². The Morgan fingerprint density at radius 3 is 0.750 bits per heavy atom. The summed E-state index contributed by atoms with van der Waals surface area (Å²) in [7, 11) is 0. The van der Waals surface area contributed by atoms with E-state index in [0.29, 0.717) is 16.2 Å². The molecular weight excluding hydrogens is 292 g/mol. The normalized spacial score (nSPS) is 11.1. The van der Waals surface area contributed by atoms with Crippen LogP contribution in [-0.2, 0) is 4.79 Å². The van der Waals surface area contributed by atoms with Crippen molar-refractivity contribution in [2.24, 2.45) is 21.7 Å². The standard InChI is InChI=1S/C6H12O.C6H12.2C5H12.CH4/c1-5(7)6(2,3)4;1-5-6(2,3)4;2*1-5(2,3)4;/h1-4H3;5H,1H2,2-4H3;2*1-4H3;1H4. The second kappa shape index (κ2) is 13.7. The predicted molar refractivity (Wildman–Crippen MR) is 117 cm³/mol. The maximum absolute atomic E-state index is 10.5. The van der Waals surface area contributed by atoms with Gasteiger partial charge in [-0.05, 0) is 23.2 Å². The van der Waals surface area contributed by atoms with Crippen molar-refractivity contribution < 1.29 is 4.79 Å². The first-order chi connectivity index (χ1) is 9.50. The average molecular weight is 345 g/mol. The Kier molecular flexibility index (Phi) is 19.8. The number of Topliss-reactive ketones (excluding diaryl/α,β-unsaturated/α-hetero) is 1. The molecule has 1 heteroatoms. The van der Waals surface area contributed by atoms with E-state index in [1.54, 1.807) is 6.92 Å². The van der Waals surface area contributed by atoms with Gasteiger partial charge in [0.2, 0.25) is 0 Å². The molecule has 0 saturated heterocycles. The smallest absolute Gasteiger partial charge is 0.135 e. The fourth-order valence-corrected chi connectivity index (χ4v) is 0. The van der Waals surface area contributed by atoms with Gasteiger partial charge in [0.1, 0.15) is 5.78 Å². The molecule has 0 heterocycles. The largest absolute Gasteiger partial charge is 0.299 e. The van der Waals surface area contributed by atoms with Gasteiger partial charge in [0, 0.05) is 5.41 Å². The Hall–Kier alpha value is -0.590. The third-order valence-corrected chi connectivity index (χ3v) is 1.67. The van der Waals surface area contributed by atoms with Crippen molar-refractivity contribution in [3.8, 4) is 0 Å². The summed E-state index contributed by atoms with van der Waals surface area (Å²) >= 11 is 0. The summed E-state index contributed by atoms with van der Waals surface area (Å²) in [6.07, 6.45) is 1.94. The number of carbonyl (C=O) groups excluding carboxylic acids is 1. The van der Waals surface area contributed by atoms with E-state index in [1.165, 1.54) is 0 Å². The van der Waals surface area contributed by atoms with Crippen molar-refractivity contribution in [2.45, 2.75) is 111 Å². The SMILES string of the molecule is C.C=CC(C)(C)C.CC(=O)C(C)(C)C.CC(C)(C)C.CC(C)(C)C. The molecule has 0 unspecified atom stereocenters. The molecule has 0 aromatic heterocycles. The third-order valence-electron chi connectivity index (χ3n) is 1.67. The summed E-state index contributed by atoms with van der Waals surface area (Å²) in [5, 5.41) is 0. The maximum Gasteiger partial charge on any atom is 0.135 e. The maximum atomic E-state index is 10.5. The minimum atomic E-state index is -0.139. The Labute approximate surface area is 156 Å². The summed E-state index contributed by atoms with van der Waals surface area (Å²) in [5.74, 6) is 0.243. The Bertz CT molecular complexity index is 271. The van der Waals surface area contributed by atoms with Crippen LogP contribution in [0.25, 0.3) is 0 Å². The van der Waals surface area contributed by atoms with E-state index in [9.17, 15) is 4.79 Å². The van der Waals surface area contributed by atoms with Crippen molar-refractivity contribution in [3.63, 3.8) is 0 Å². The van der Waals surface area contributed by atoms with Crippen molar-refractivity contribution >= 4 is 5.78 Å². The van der Waals surface area contributed by atoms with Crippen LogP contribution in [0, 0.1) is 21.7 Å².